The van der Waals surface area contributed by atoms with Crippen LogP contribution in [0.3, 0.4) is 0 Å². The Kier molecular flexibility index (Phi) is 5.75. The Labute approximate surface area is 154 Å². The van der Waals surface area contributed by atoms with E-state index in [0.29, 0.717) is 17.9 Å². The number of carbonyl (C=O) groups is 2. The molecule has 2 heterocycles. The minimum atomic E-state index is -0.984. The molecule has 10 heteroatoms. The van der Waals surface area contributed by atoms with Crippen molar-refractivity contribution in [2.75, 3.05) is 19.7 Å². The van der Waals surface area contributed by atoms with Crippen molar-refractivity contribution in [2.45, 2.75) is 31.9 Å². The number of carboxylic acid groups (broad SMARTS) is 1. The molecule has 1 fully saturated rings. The number of aromatic nitrogens is 4. The zero-order chi connectivity index (χ0) is 19.4. The van der Waals surface area contributed by atoms with Gasteiger partial charge in [0.2, 0.25) is 5.91 Å². The highest BCUT2D eigenvalue weighted by molar-refractivity contribution is 5.81. The van der Waals surface area contributed by atoms with Crippen LogP contribution in [-0.2, 0) is 20.7 Å². The number of carboxylic acids is 1. The summed E-state index contributed by atoms with van der Waals surface area (Å²) in [6.07, 6.45) is -0.531. The number of rotatable bonds is 6. The van der Waals surface area contributed by atoms with Crippen molar-refractivity contribution in [3.8, 4) is 0 Å². The molecule has 0 bridgehead atoms. The van der Waals surface area contributed by atoms with Crippen LogP contribution in [0.4, 0.5) is 4.39 Å². The third-order valence-electron chi connectivity index (χ3n) is 4.41. The molecular weight excluding hydrogens is 357 g/mol. The fourth-order valence-electron chi connectivity index (χ4n) is 3.14. The Morgan fingerprint density at radius 3 is 2.93 bits per heavy atom. The first-order chi connectivity index (χ1) is 12.9. The van der Waals surface area contributed by atoms with Gasteiger partial charge in [-0.1, -0.05) is 12.1 Å². The Bertz CT molecular complexity index is 827. The molecule has 0 radical (unpaired) electrons. The van der Waals surface area contributed by atoms with E-state index in [1.165, 1.54) is 16.8 Å². The first-order valence-electron chi connectivity index (χ1n) is 8.55. The SMILES string of the molecule is Cc1nnnn1[C@H](Cc1cccc(F)c1)C(=O)N1CCO[C@H](CC(=O)O)C1. The molecule has 1 N–H and O–H groups in total. The molecule has 3 rings (SSSR count). The number of carbonyl (C=O) groups excluding carboxylic acids is 1. The summed E-state index contributed by atoms with van der Waals surface area (Å²) in [6, 6.07) is 5.25. The first kappa shape index (κ1) is 18.9. The van der Waals surface area contributed by atoms with Crippen LogP contribution in [0.25, 0.3) is 0 Å². The lowest BCUT2D eigenvalue weighted by atomic mass is 10.0. The van der Waals surface area contributed by atoms with E-state index in [2.05, 4.69) is 15.5 Å². The predicted molar refractivity (Wildman–Crippen MR) is 90.3 cm³/mol. The standard InChI is InChI=1S/C17H20FN5O4/c1-11-19-20-21-23(11)15(8-12-3-2-4-13(18)7-12)17(26)22-5-6-27-14(10-22)9-16(24)25/h2-4,7,14-15H,5-6,8-10H2,1H3,(H,24,25)/t14-,15-/m1/s1. The number of benzene rings is 1. The molecule has 2 atom stereocenters. The van der Waals surface area contributed by atoms with E-state index in [0.717, 1.165) is 0 Å². The zero-order valence-electron chi connectivity index (χ0n) is 14.8. The second-order valence-electron chi connectivity index (χ2n) is 6.40. The van der Waals surface area contributed by atoms with Crippen molar-refractivity contribution >= 4 is 11.9 Å². The van der Waals surface area contributed by atoms with Gasteiger partial charge < -0.3 is 14.7 Å². The summed E-state index contributed by atoms with van der Waals surface area (Å²) in [5.41, 5.74) is 0.638. The highest BCUT2D eigenvalue weighted by Gasteiger charge is 2.33. The van der Waals surface area contributed by atoms with Crippen molar-refractivity contribution in [1.29, 1.82) is 0 Å². The Morgan fingerprint density at radius 1 is 1.44 bits per heavy atom. The van der Waals surface area contributed by atoms with Gasteiger partial charge in [0, 0.05) is 19.5 Å². The van der Waals surface area contributed by atoms with Crippen molar-refractivity contribution in [1.82, 2.24) is 25.1 Å². The molecule has 0 saturated carbocycles. The fraction of sp³-hybridized carbons (Fsp3) is 0.471. The quantitative estimate of drug-likeness (QED) is 0.785. The monoisotopic (exact) mass is 377 g/mol. The summed E-state index contributed by atoms with van der Waals surface area (Å²) in [5.74, 6) is -1.17. The summed E-state index contributed by atoms with van der Waals surface area (Å²) in [5, 5.41) is 20.3. The summed E-state index contributed by atoms with van der Waals surface area (Å²) in [6.45, 7) is 2.45. The van der Waals surface area contributed by atoms with Crippen molar-refractivity contribution in [3.05, 3.63) is 41.5 Å². The van der Waals surface area contributed by atoms with Gasteiger partial charge in [-0.2, -0.15) is 0 Å². The topological polar surface area (TPSA) is 110 Å². The van der Waals surface area contributed by atoms with Crippen molar-refractivity contribution < 1.29 is 23.8 Å². The molecule has 1 aromatic carbocycles. The van der Waals surface area contributed by atoms with Crippen LogP contribution in [0, 0.1) is 12.7 Å². The fourth-order valence-corrected chi connectivity index (χ4v) is 3.14. The van der Waals surface area contributed by atoms with E-state index < -0.39 is 18.1 Å². The number of amides is 1. The van der Waals surface area contributed by atoms with Gasteiger partial charge in [-0.15, -0.1) is 5.10 Å². The van der Waals surface area contributed by atoms with Gasteiger partial charge in [-0.25, -0.2) is 9.07 Å². The molecule has 1 saturated heterocycles. The molecule has 1 aliphatic heterocycles. The second kappa shape index (κ2) is 8.21. The van der Waals surface area contributed by atoms with Crippen LogP contribution in [0.15, 0.2) is 24.3 Å². The molecule has 0 spiro atoms. The lowest BCUT2D eigenvalue weighted by Gasteiger charge is -2.34. The highest BCUT2D eigenvalue weighted by atomic mass is 19.1. The van der Waals surface area contributed by atoms with Crippen molar-refractivity contribution in [3.63, 3.8) is 0 Å². The van der Waals surface area contributed by atoms with E-state index in [4.69, 9.17) is 9.84 Å². The normalized spacial score (nSPS) is 18.3. The Hall–Kier alpha value is -2.88. The van der Waals surface area contributed by atoms with Crippen LogP contribution in [0.5, 0.6) is 0 Å². The summed E-state index contributed by atoms with van der Waals surface area (Å²) >= 11 is 0. The van der Waals surface area contributed by atoms with Gasteiger partial charge in [0.15, 0.2) is 0 Å². The number of hydrogen-bond acceptors (Lipinski definition) is 6. The number of tetrazole rings is 1. The second-order valence-corrected chi connectivity index (χ2v) is 6.40. The van der Waals surface area contributed by atoms with Gasteiger partial charge in [-0.3, -0.25) is 9.59 Å². The van der Waals surface area contributed by atoms with E-state index in [9.17, 15) is 14.0 Å². The van der Waals surface area contributed by atoms with Crippen LogP contribution < -0.4 is 0 Å². The average molecular weight is 377 g/mol. The molecule has 1 aliphatic rings. The van der Waals surface area contributed by atoms with Gasteiger partial charge in [0.1, 0.15) is 17.7 Å². The third-order valence-corrected chi connectivity index (χ3v) is 4.41. The van der Waals surface area contributed by atoms with Crippen LogP contribution >= 0.6 is 0 Å². The molecule has 27 heavy (non-hydrogen) atoms. The van der Waals surface area contributed by atoms with E-state index >= 15 is 0 Å². The number of halogens is 1. The molecule has 2 aromatic rings. The average Bonchev–Trinajstić information content (AvgIpc) is 3.04. The first-order valence-corrected chi connectivity index (χ1v) is 8.55. The number of nitrogens with zero attached hydrogens (tertiary/aromatic N) is 5. The smallest absolute Gasteiger partial charge is 0.306 e. The number of aryl methyl sites for hydroxylation is 1. The Morgan fingerprint density at radius 2 is 2.26 bits per heavy atom. The van der Waals surface area contributed by atoms with E-state index in [1.807, 2.05) is 0 Å². The number of hydrogen-bond donors (Lipinski definition) is 1. The highest BCUT2D eigenvalue weighted by Crippen LogP contribution is 2.20. The van der Waals surface area contributed by atoms with Gasteiger partial charge in [0.25, 0.3) is 0 Å². The maximum Gasteiger partial charge on any atom is 0.306 e. The molecule has 9 nitrogen and oxygen atoms in total. The minimum Gasteiger partial charge on any atom is -0.481 e. The molecular formula is C17H20FN5O4. The zero-order valence-corrected chi connectivity index (χ0v) is 14.8. The summed E-state index contributed by atoms with van der Waals surface area (Å²) in [4.78, 5) is 25.7. The maximum atomic E-state index is 13.6. The van der Waals surface area contributed by atoms with Gasteiger partial charge in [-0.05, 0) is 35.0 Å². The molecule has 144 valence electrons. The predicted octanol–water partition coefficient (Wildman–Crippen LogP) is 0.607. The lowest BCUT2D eigenvalue weighted by Crippen LogP contribution is -2.49. The van der Waals surface area contributed by atoms with Crippen LogP contribution in [0.2, 0.25) is 0 Å². The number of aliphatic carboxylic acids is 1. The van der Waals surface area contributed by atoms with E-state index in [-0.39, 0.29) is 37.7 Å². The van der Waals surface area contributed by atoms with Gasteiger partial charge in [0.05, 0.1) is 19.1 Å². The van der Waals surface area contributed by atoms with Crippen LogP contribution in [-0.4, -0.2) is 67.9 Å². The molecule has 1 amide bonds. The molecule has 0 unspecified atom stereocenters. The van der Waals surface area contributed by atoms with Gasteiger partial charge >= 0.3 is 5.97 Å². The minimum absolute atomic E-state index is 0.173. The number of morpholine rings is 1. The number of ether oxygens (including phenoxy) is 1. The summed E-state index contributed by atoms with van der Waals surface area (Å²) < 4.78 is 20.4. The Balaban J connectivity index is 1.82. The van der Waals surface area contributed by atoms with Crippen molar-refractivity contribution in [2.24, 2.45) is 0 Å². The summed E-state index contributed by atoms with van der Waals surface area (Å²) in [7, 11) is 0. The molecule has 1 aromatic heterocycles. The third kappa shape index (κ3) is 4.64. The maximum absolute atomic E-state index is 13.6. The lowest BCUT2D eigenvalue weighted by molar-refractivity contribution is -0.149. The van der Waals surface area contributed by atoms with E-state index in [1.54, 1.807) is 24.0 Å². The largest absolute Gasteiger partial charge is 0.481 e. The van der Waals surface area contributed by atoms with Crippen LogP contribution in [0.1, 0.15) is 23.9 Å². The molecule has 0 aliphatic carbocycles.